The van der Waals surface area contributed by atoms with E-state index in [2.05, 4.69) is 21.6 Å². The van der Waals surface area contributed by atoms with Crippen molar-refractivity contribution in [2.24, 2.45) is 0 Å². The first-order chi connectivity index (χ1) is 14.0. The number of rotatable bonds is 7. The Labute approximate surface area is 172 Å². The quantitative estimate of drug-likeness (QED) is 0.642. The Morgan fingerprint density at radius 2 is 1.86 bits per heavy atom. The number of aromatic nitrogens is 2. The average molecular weight is 411 g/mol. The standard InChI is InChI=1S/C22H26N4O2S/c1-2-14-25-16-12-19(17-25)18-4-6-20(7-5-18)24-29(27,28)22-10-8-21(9-11-22)26-15-3-13-23-26/h3-11,13,15,19,24H,2,12,14,16-17H2,1H3. The molecule has 1 N–H and O–H groups in total. The third kappa shape index (κ3) is 4.52. The van der Waals surface area contributed by atoms with Gasteiger partial charge in [-0.05, 0) is 79.9 Å². The number of likely N-dealkylation sites (tertiary alicyclic amines) is 1. The second-order valence-corrected chi connectivity index (χ2v) is 9.14. The fourth-order valence-electron chi connectivity index (χ4n) is 3.86. The molecule has 0 radical (unpaired) electrons. The van der Waals surface area contributed by atoms with E-state index in [1.54, 1.807) is 35.1 Å². The smallest absolute Gasteiger partial charge is 0.261 e. The molecule has 1 unspecified atom stereocenters. The van der Waals surface area contributed by atoms with Crippen LogP contribution in [0.4, 0.5) is 5.69 Å². The highest BCUT2D eigenvalue weighted by Crippen LogP contribution is 2.28. The summed E-state index contributed by atoms with van der Waals surface area (Å²) in [5.41, 5.74) is 2.66. The predicted molar refractivity (Wildman–Crippen MR) is 115 cm³/mol. The van der Waals surface area contributed by atoms with Crippen molar-refractivity contribution in [2.45, 2.75) is 30.6 Å². The van der Waals surface area contributed by atoms with Crippen LogP contribution in [0.3, 0.4) is 0 Å². The maximum atomic E-state index is 12.7. The first-order valence-electron chi connectivity index (χ1n) is 10.0. The average Bonchev–Trinajstić information content (AvgIpc) is 3.41. The molecule has 1 atom stereocenters. The number of nitrogens with zero attached hydrogens (tertiary/aromatic N) is 3. The van der Waals surface area contributed by atoms with Crippen LogP contribution in [-0.2, 0) is 10.0 Å². The van der Waals surface area contributed by atoms with Crippen LogP contribution in [0, 0.1) is 0 Å². The Morgan fingerprint density at radius 3 is 2.52 bits per heavy atom. The molecule has 4 rings (SSSR count). The highest BCUT2D eigenvalue weighted by atomic mass is 32.2. The molecule has 2 aromatic carbocycles. The normalized spacial score (nSPS) is 17.5. The highest BCUT2D eigenvalue weighted by Gasteiger charge is 2.23. The van der Waals surface area contributed by atoms with Crippen LogP contribution >= 0.6 is 0 Å². The first kappa shape index (κ1) is 19.7. The van der Waals surface area contributed by atoms with E-state index in [1.165, 1.54) is 12.0 Å². The van der Waals surface area contributed by atoms with Gasteiger partial charge in [-0.2, -0.15) is 5.10 Å². The molecule has 0 amide bonds. The Hall–Kier alpha value is -2.64. The number of hydrogen-bond acceptors (Lipinski definition) is 4. The second kappa shape index (κ2) is 8.39. The molecule has 0 spiro atoms. The molecule has 0 saturated carbocycles. The molecule has 152 valence electrons. The van der Waals surface area contributed by atoms with Gasteiger partial charge in [-0.15, -0.1) is 0 Å². The van der Waals surface area contributed by atoms with Gasteiger partial charge in [0.15, 0.2) is 0 Å². The van der Waals surface area contributed by atoms with Crippen molar-refractivity contribution in [2.75, 3.05) is 24.4 Å². The Morgan fingerprint density at radius 1 is 1.10 bits per heavy atom. The van der Waals surface area contributed by atoms with Crippen molar-refractivity contribution in [1.82, 2.24) is 14.7 Å². The van der Waals surface area contributed by atoms with Gasteiger partial charge in [0.1, 0.15) is 0 Å². The zero-order valence-electron chi connectivity index (χ0n) is 16.5. The molecule has 1 aliphatic rings. The molecule has 29 heavy (non-hydrogen) atoms. The van der Waals surface area contributed by atoms with Crippen LogP contribution in [-0.4, -0.2) is 42.7 Å². The molecule has 1 aromatic heterocycles. The first-order valence-corrected chi connectivity index (χ1v) is 11.5. The Bertz CT molecular complexity index is 1030. The summed E-state index contributed by atoms with van der Waals surface area (Å²) in [5.74, 6) is 0.530. The van der Waals surface area contributed by atoms with Crippen molar-refractivity contribution in [1.29, 1.82) is 0 Å². The molecule has 1 aliphatic heterocycles. The van der Waals surface area contributed by atoms with Crippen LogP contribution < -0.4 is 4.72 Å². The minimum absolute atomic E-state index is 0.225. The van der Waals surface area contributed by atoms with Gasteiger partial charge in [-0.25, -0.2) is 13.1 Å². The van der Waals surface area contributed by atoms with E-state index in [1.807, 2.05) is 36.5 Å². The number of hydrogen-bond donors (Lipinski definition) is 1. The maximum absolute atomic E-state index is 12.7. The Kier molecular flexibility index (Phi) is 5.69. The molecule has 0 bridgehead atoms. The summed E-state index contributed by atoms with van der Waals surface area (Å²) in [4.78, 5) is 2.72. The van der Waals surface area contributed by atoms with Crippen LogP contribution in [0.15, 0.2) is 71.9 Å². The Balaban J connectivity index is 1.43. The van der Waals surface area contributed by atoms with Crippen molar-refractivity contribution in [3.63, 3.8) is 0 Å². The van der Waals surface area contributed by atoms with E-state index >= 15 is 0 Å². The fourth-order valence-corrected chi connectivity index (χ4v) is 4.92. The lowest BCUT2D eigenvalue weighted by molar-refractivity contribution is 0.335. The van der Waals surface area contributed by atoms with Crippen LogP contribution in [0.1, 0.15) is 31.2 Å². The van der Waals surface area contributed by atoms with Crippen molar-refractivity contribution in [3.05, 3.63) is 72.6 Å². The lowest BCUT2D eigenvalue weighted by Crippen LogP contribution is -2.20. The number of sulfonamides is 1. The number of anilines is 1. The minimum atomic E-state index is -3.63. The number of benzene rings is 2. The van der Waals surface area contributed by atoms with Gasteiger partial charge in [-0.3, -0.25) is 4.72 Å². The van der Waals surface area contributed by atoms with Gasteiger partial charge in [0, 0.05) is 24.6 Å². The van der Waals surface area contributed by atoms with Gasteiger partial charge in [0.05, 0.1) is 10.6 Å². The minimum Gasteiger partial charge on any atom is -0.303 e. The van der Waals surface area contributed by atoms with Crippen molar-refractivity contribution in [3.8, 4) is 5.69 Å². The summed E-state index contributed by atoms with van der Waals surface area (Å²) in [7, 11) is -3.63. The molecule has 0 aliphatic carbocycles. The molecule has 7 heteroatoms. The third-order valence-corrected chi connectivity index (χ3v) is 6.76. The largest absolute Gasteiger partial charge is 0.303 e. The van der Waals surface area contributed by atoms with E-state index in [-0.39, 0.29) is 4.90 Å². The van der Waals surface area contributed by atoms with Crippen molar-refractivity contribution < 1.29 is 8.42 Å². The molecular weight excluding hydrogens is 384 g/mol. The zero-order chi connectivity index (χ0) is 20.3. The summed E-state index contributed by atoms with van der Waals surface area (Å²) in [6.07, 6.45) is 5.84. The predicted octanol–water partition coefficient (Wildman–Crippen LogP) is 3.87. The summed E-state index contributed by atoms with van der Waals surface area (Å²) < 4.78 is 29.8. The van der Waals surface area contributed by atoms with Crippen molar-refractivity contribution >= 4 is 15.7 Å². The van der Waals surface area contributed by atoms with Gasteiger partial charge >= 0.3 is 0 Å². The monoisotopic (exact) mass is 410 g/mol. The molecule has 2 heterocycles. The van der Waals surface area contributed by atoms with Gasteiger partial charge < -0.3 is 4.90 Å². The zero-order valence-corrected chi connectivity index (χ0v) is 17.3. The summed E-state index contributed by atoms with van der Waals surface area (Å²) in [6, 6.07) is 16.3. The van der Waals surface area contributed by atoms with Gasteiger partial charge in [0.2, 0.25) is 0 Å². The topological polar surface area (TPSA) is 67.2 Å². The number of nitrogens with one attached hydrogen (secondary N) is 1. The van der Waals surface area contributed by atoms with E-state index < -0.39 is 10.0 Å². The van der Waals surface area contributed by atoms with Gasteiger partial charge in [-0.1, -0.05) is 19.1 Å². The molecule has 1 fully saturated rings. The SMILES string of the molecule is CCCN1CCC(c2ccc(NS(=O)(=O)c3ccc(-n4cccn4)cc3)cc2)C1. The van der Waals surface area contributed by atoms with Crippen LogP contribution in [0.5, 0.6) is 0 Å². The third-order valence-electron chi connectivity index (χ3n) is 5.36. The molecule has 1 saturated heterocycles. The molecule has 6 nitrogen and oxygen atoms in total. The fraction of sp³-hybridized carbons (Fsp3) is 0.318. The summed E-state index contributed by atoms with van der Waals surface area (Å²) in [5, 5.41) is 4.15. The summed E-state index contributed by atoms with van der Waals surface area (Å²) in [6.45, 7) is 5.58. The highest BCUT2D eigenvalue weighted by molar-refractivity contribution is 7.92. The van der Waals surface area contributed by atoms with E-state index in [9.17, 15) is 8.42 Å². The molecule has 3 aromatic rings. The maximum Gasteiger partial charge on any atom is 0.261 e. The van der Waals surface area contributed by atoms with Gasteiger partial charge in [0.25, 0.3) is 10.0 Å². The molecular formula is C22H26N4O2S. The summed E-state index contributed by atoms with van der Waals surface area (Å²) >= 11 is 0. The lowest BCUT2D eigenvalue weighted by atomic mass is 9.98. The lowest BCUT2D eigenvalue weighted by Gasteiger charge is -2.15. The van der Waals surface area contributed by atoms with Crippen LogP contribution in [0.2, 0.25) is 0 Å². The van der Waals surface area contributed by atoms with Crippen LogP contribution in [0.25, 0.3) is 5.69 Å². The van der Waals surface area contributed by atoms with E-state index in [0.717, 1.165) is 31.7 Å². The van der Waals surface area contributed by atoms with E-state index in [0.29, 0.717) is 11.6 Å². The van der Waals surface area contributed by atoms with E-state index in [4.69, 9.17) is 0 Å². The second-order valence-electron chi connectivity index (χ2n) is 7.46.